The number of carbonyl (C=O) groups excluding carboxylic acids is 1. The number of ether oxygens (including phenoxy) is 2. The van der Waals surface area contributed by atoms with Crippen LogP contribution in [-0.2, 0) is 11.2 Å². The van der Waals surface area contributed by atoms with Crippen LogP contribution in [-0.4, -0.2) is 46.9 Å². The molecular weight excluding hydrogens is 471 g/mol. The third-order valence-electron chi connectivity index (χ3n) is 4.72. The molecule has 0 N–H and O–H groups in total. The van der Waals surface area contributed by atoms with Crippen molar-refractivity contribution in [2.24, 2.45) is 0 Å². The molecule has 11 heteroatoms. The van der Waals surface area contributed by atoms with E-state index in [0.29, 0.717) is 16.0 Å². The number of pyridine rings is 1. The fraction of sp³-hybridized carbons (Fsp3) is 0.455. The van der Waals surface area contributed by atoms with E-state index in [-0.39, 0.29) is 29.4 Å². The Kier molecular flexibility index (Phi) is 7.07. The number of carbonyl (C=O) groups is 1. The number of rotatable bonds is 4. The molecule has 1 aliphatic heterocycles. The third kappa shape index (κ3) is 6.69. The minimum absolute atomic E-state index is 0.0219. The summed E-state index contributed by atoms with van der Waals surface area (Å²) in [6.07, 6.45) is -6.10. The first kappa shape index (κ1) is 25.0. The average molecular weight is 493 g/mol. The maximum atomic E-state index is 14.4. The Morgan fingerprint density at radius 3 is 2.52 bits per heavy atom. The molecule has 2 aromatic rings. The van der Waals surface area contributed by atoms with Crippen LogP contribution < -0.4 is 4.74 Å². The number of fused-ring (bicyclic) bond motifs is 1. The maximum Gasteiger partial charge on any atom is 0.410 e. The summed E-state index contributed by atoms with van der Waals surface area (Å²) in [5.74, 6) is -1.52. The SMILES string of the molecule is CC(C)(C)OC(=O)N(CC1CCc2c(-c3ccc(F)cc3F)cc(Cl)nc2O1)CC(F)(F)F. The zero-order valence-electron chi connectivity index (χ0n) is 18.1. The molecule has 1 aromatic heterocycles. The van der Waals surface area contributed by atoms with E-state index in [2.05, 4.69) is 4.98 Å². The third-order valence-corrected chi connectivity index (χ3v) is 4.91. The Morgan fingerprint density at radius 2 is 1.91 bits per heavy atom. The highest BCUT2D eigenvalue weighted by atomic mass is 35.5. The number of amides is 1. The molecule has 2 heterocycles. The zero-order chi connectivity index (χ0) is 24.6. The first-order chi connectivity index (χ1) is 15.2. The van der Waals surface area contributed by atoms with Gasteiger partial charge in [0.15, 0.2) is 0 Å². The van der Waals surface area contributed by atoms with Crippen molar-refractivity contribution in [1.82, 2.24) is 9.88 Å². The van der Waals surface area contributed by atoms with Crippen LogP contribution in [0.25, 0.3) is 11.1 Å². The number of halogens is 6. The van der Waals surface area contributed by atoms with Gasteiger partial charge >= 0.3 is 12.3 Å². The van der Waals surface area contributed by atoms with Crippen LogP contribution in [0.2, 0.25) is 5.15 Å². The Balaban J connectivity index is 1.86. The molecule has 180 valence electrons. The lowest BCUT2D eigenvalue weighted by Gasteiger charge is -2.33. The molecule has 1 atom stereocenters. The quantitative estimate of drug-likeness (QED) is 0.378. The van der Waals surface area contributed by atoms with Crippen molar-refractivity contribution < 1.29 is 36.2 Å². The van der Waals surface area contributed by atoms with Gasteiger partial charge in [0.05, 0.1) is 6.54 Å². The second-order valence-electron chi connectivity index (χ2n) is 8.65. The molecule has 0 bridgehead atoms. The summed E-state index contributed by atoms with van der Waals surface area (Å²) in [5, 5.41) is -0.0348. The number of benzene rings is 1. The molecule has 1 amide bonds. The minimum atomic E-state index is -4.64. The summed E-state index contributed by atoms with van der Waals surface area (Å²) in [6.45, 7) is 2.73. The number of hydrogen-bond donors (Lipinski definition) is 0. The molecular formula is C22H22ClF5N2O3. The standard InChI is InChI=1S/C22H22ClF5N2O3/c1-21(2,3)33-20(31)30(11-22(26,27)28)10-13-5-7-15-16(9-18(23)29-19(15)32-13)14-6-4-12(24)8-17(14)25/h4,6,8-9,13H,5,7,10-11H2,1-3H3. The van der Waals surface area contributed by atoms with Crippen molar-refractivity contribution >= 4 is 17.7 Å². The van der Waals surface area contributed by atoms with E-state index in [1.807, 2.05) is 0 Å². The van der Waals surface area contributed by atoms with E-state index in [1.54, 1.807) is 20.8 Å². The number of hydrogen-bond acceptors (Lipinski definition) is 4. The van der Waals surface area contributed by atoms with Crippen LogP contribution in [0.15, 0.2) is 24.3 Å². The predicted octanol–water partition coefficient (Wildman–Crippen LogP) is 6.17. The van der Waals surface area contributed by atoms with E-state index in [0.717, 1.165) is 12.1 Å². The Morgan fingerprint density at radius 1 is 1.21 bits per heavy atom. The Labute approximate surface area is 192 Å². The van der Waals surface area contributed by atoms with Gasteiger partial charge in [-0.3, -0.25) is 4.90 Å². The first-order valence-corrected chi connectivity index (χ1v) is 10.5. The Bertz CT molecular complexity index is 1040. The molecule has 0 fully saturated rings. The molecule has 1 unspecified atom stereocenters. The van der Waals surface area contributed by atoms with E-state index >= 15 is 0 Å². The summed E-state index contributed by atoms with van der Waals surface area (Å²) < 4.78 is 77.7. The molecule has 3 rings (SSSR count). The molecule has 1 aliphatic rings. The second kappa shape index (κ2) is 9.32. The summed E-state index contributed by atoms with van der Waals surface area (Å²) in [4.78, 5) is 17.0. The summed E-state index contributed by atoms with van der Waals surface area (Å²) in [7, 11) is 0. The van der Waals surface area contributed by atoms with Crippen molar-refractivity contribution in [3.05, 3.63) is 46.6 Å². The normalized spacial score (nSPS) is 16.1. The lowest BCUT2D eigenvalue weighted by molar-refractivity contribution is -0.146. The van der Waals surface area contributed by atoms with E-state index in [9.17, 15) is 26.7 Å². The smallest absolute Gasteiger partial charge is 0.410 e. The molecule has 33 heavy (non-hydrogen) atoms. The molecule has 5 nitrogen and oxygen atoms in total. The highest BCUT2D eigenvalue weighted by Gasteiger charge is 2.37. The summed E-state index contributed by atoms with van der Waals surface area (Å²) in [5.41, 5.74) is -0.0584. The van der Waals surface area contributed by atoms with Crippen molar-refractivity contribution in [2.45, 2.75) is 51.5 Å². The topological polar surface area (TPSA) is 51.7 Å². The number of aromatic nitrogens is 1. The van der Waals surface area contributed by atoms with Gasteiger partial charge in [-0.1, -0.05) is 11.6 Å². The summed E-state index contributed by atoms with van der Waals surface area (Å²) >= 11 is 6.06. The van der Waals surface area contributed by atoms with Gasteiger partial charge in [0.1, 0.15) is 35.0 Å². The maximum absolute atomic E-state index is 14.4. The Hall–Kier alpha value is -2.62. The molecule has 0 aliphatic carbocycles. The second-order valence-corrected chi connectivity index (χ2v) is 9.04. The fourth-order valence-electron chi connectivity index (χ4n) is 3.45. The molecule has 0 saturated carbocycles. The van der Waals surface area contributed by atoms with Crippen molar-refractivity contribution in [1.29, 1.82) is 0 Å². The largest absolute Gasteiger partial charge is 0.472 e. The van der Waals surface area contributed by atoms with Crippen LogP contribution in [0, 0.1) is 11.6 Å². The van der Waals surface area contributed by atoms with E-state index < -0.39 is 48.7 Å². The summed E-state index contributed by atoms with van der Waals surface area (Å²) in [6, 6.07) is 4.51. The number of alkyl halides is 3. The van der Waals surface area contributed by atoms with Gasteiger partial charge < -0.3 is 9.47 Å². The lowest BCUT2D eigenvalue weighted by Crippen LogP contribution is -2.47. The van der Waals surface area contributed by atoms with E-state index in [1.165, 1.54) is 12.1 Å². The molecule has 0 radical (unpaired) electrons. The van der Waals surface area contributed by atoms with Gasteiger partial charge in [-0.05, 0) is 57.4 Å². The molecule has 0 saturated heterocycles. The minimum Gasteiger partial charge on any atom is -0.472 e. The van der Waals surface area contributed by atoms with Gasteiger partial charge in [-0.2, -0.15) is 13.2 Å². The van der Waals surface area contributed by atoms with Crippen LogP contribution in [0.3, 0.4) is 0 Å². The molecule has 0 spiro atoms. The van der Waals surface area contributed by atoms with Gasteiger partial charge in [0, 0.05) is 17.2 Å². The monoisotopic (exact) mass is 492 g/mol. The van der Waals surface area contributed by atoms with Crippen LogP contribution in [0.4, 0.5) is 26.7 Å². The molecule has 1 aromatic carbocycles. The van der Waals surface area contributed by atoms with E-state index in [4.69, 9.17) is 21.1 Å². The number of nitrogens with zero attached hydrogens (tertiary/aromatic N) is 2. The lowest BCUT2D eigenvalue weighted by atomic mass is 9.94. The van der Waals surface area contributed by atoms with Crippen LogP contribution >= 0.6 is 11.6 Å². The van der Waals surface area contributed by atoms with Gasteiger partial charge in [-0.15, -0.1) is 0 Å². The van der Waals surface area contributed by atoms with Crippen LogP contribution in [0.5, 0.6) is 5.88 Å². The fourth-order valence-corrected chi connectivity index (χ4v) is 3.63. The van der Waals surface area contributed by atoms with Crippen molar-refractivity contribution in [2.75, 3.05) is 13.1 Å². The first-order valence-electron chi connectivity index (χ1n) is 10.1. The van der Waals surface area contributed by atoms with Gasteiger partial charge in [0.25, 0.3) is 0 Å². The zero-order valence-corrected chi connectivity index (χ0v) is 18.9. The van der Waals surface area contributed by atoms with Crippen molar-refractivity contribution in [3.8, 4) is 17.0 Å². The highest BCUT2D eigenvalue weighted by Crippen LogP contribution is 2.38. The van der Waals surface area contributed by atoms with Crippen molar-refractivity contribution in [3.63, 3.8) is 0 Å². The van der Waals surface area contributed by atoms with Gasteiger partial charge in [0.2, 0.25) is 5.88 Å². The highest BCUT2D eigenvalue weighted by molar-refractivity contribution is 6.29. The average Bonchev–Trinajstić information content (AvgIpc) is 2.64. The van der Waals surface area contributed by atoms with Crippen LogP contribution in [0.1, 0.15) is 32.8 Å². The van der Waals surface area contributed by atoms with Gasteiger partial charge in [-0.25, -0.2) is 18.6 Å². The predicted molar refractivity (Wildman–Crippen MR) is 111 cm³/mol.